The van der Waals surface area contributed by atoms with Crippen LogP contribution in [0.4, 0.5) is 0 Å². The van der Waals surface area contributed by atoms with Crippen molar-refractivity contribution in [2.75, 3.05) is 19.7 Å². The van der Waals surface area contributed by atoms with Gasteiger partial charge in [-0.3, -0.25) is 9.58 Å². The number of rotatable bonds is 5. The number of carboxylic acid groups (broad SMARTS) is 1. The van der Waals surface area contributed by atoms with Gasteiger partial charge in [-0.2, -0.15) is 5.10 Å². The van der Waals surface area contributed by atoms with Crippen molar-refractivity contribution < 1.29 is 14.6 Å². The fourth-order valence-corrected chi connectivity index (χ4v) is 2.60. The lowest BCUT2D eigenvalue weighted by Crippen LogP contribution is -2.45. The molecule has 2 heterocycles. The fraction of sp³-hybridized carbons (Fsp3) is 0.375. The van der Waals surface area contributed by atoms with E-state index in [-0.39, 0.29) is 0 Å². The number of morpholine rings is 1. The number of aliphatic carboxylic acids is 1. The monoisotopic (exact) mass is 301 g/mol. The van der Waals surface area contributed by atoms with Gasteiger partial charge in [-0.1, -0.05) is 30.3 Å². The second-order valence-electron chi connectivity index (χ2n) is 5.46. The van der Waals surface area contributed by atoms with Crippen LogP contribution in [0.15, 0.2) is 42.7 Å². The van der Waals surface area contributed by atoms with Crippen molar-refractivity contribution in [3.8, 4) is 0 Å². The summed E-state index contributed by atoms with van der Waals surface area (Å²) >= 11 is 0. The van der Waals surface area contributed by atoms with Gasteiger partial charge in [0.05, 0.1) is 19.3 Å². The lowest BCUT2D eigenvalue weighted by Gasteiger charge is -2.30. The van der Waals surface area contributed by atoms with E-state index in [1.165, 1.54) is 5.56 Å². The zero-order valence-corrected chi connectivity index (χ0v) is 12.3. The van der Waals surface area contributed by atoms with Gasteiger partial charge in [0.1, 0.15) is 0 Å². The Kier molecular flexibility index (Phi) is 4.50. The molecule has 0 spiro atoms. The minimum Gasteiger partial charge on any atom is -0.479 e. The van der Waals surface area contributed by atoms with Crippen LogP contribution < -0.4 is 0 Å². The van der Waals surface area contributed by atoms with E-state index in [2.05, 4.69) is 22.1 Å². The Labute approximate surface area is 128 Å². The molecule has 22 heavy (non-hydrogen) atoms. The van der Waals surface area contributed by atoms with Gasteiger partial charge < -0.3 is 9.84 Å². The summed E-state index contributed by atoms with van der Waals surface area (Å²) in [4.78, 5) is 13.1. The van der Waals surface area contributed by atoms with E-state index >= 15 is 0 Å². The minimum absolute atomic E-state index is 0.416. The molecule has 1 atom stereocenters. The Morgan fingerprint density at radius 3 is 2.86 bits per heavy atom. The van der Waals surface area contributed by atoms with Gasteiger partial charge in [-0.25, -0.2) is 4.79 Å². The topological polar surface area (TPSA) is 67.6 Å². The predicted molar refractivity (Wildman–Crippen MR) is 80.4 cm³/mol. The van der Waals surface area contributed by atoms with E-state index in [4.69, 9.17) is 9.84 Å². The lowest BCUT2D eigenvalue weighted by atomic mass is 10.2. The average Bonchev–Trinajstić information content (AvgIpc) is 2.95. The summed E-state index contributed by atoms with van der Waals surface area (Å²) in [5.74, 6) is -0.899. The van der Waals surface area contributed by atoms with E-state index in [1.54, 1.807) is 0 Å². The number of aromatic nitrogens is 2. The third-order valence-electron chi connectivity index (χ3n) is 3.71. The maximum Gasteiger partial charge on any atom is 0.334 e. The van der Waals surface area contributed by atoms with Crippen LogP contribution in [-0.2, 0) is 22.6 Å². The van der Waals surface area contributed by atoms with Crippen molar-refractivity contribution in [1.29, 1.82) is 0 Å². The molecule has 1 aromatic carbocycles. The van der Waals surface area contributed by atoms with E-state index in [0.29, 0.717) is 19.7 Å². The highest BCUT2D eigenvalue weighted by Gasteiger charge is 2.26. The van der Waals surface area contributed by atoms with Crippen molar-refractivity contribution in [3.63, 3.8) is 0 Å². The van der Waals surface area contributed by atoms with Crippen LogP contribution in [0, 0.1) is 0 Å². The molecule has 2 aromatic rings. The number of ether oxygens (including phenoxy) is 1. The first-order chi connectivity index (χ1) is 10.7. The fourth-order valence-electron chi connectivity index (χ4n) is 2.60. The van der Waals surface area contributed by atoms with Crippen molar-refractivity contribution in [1.82, 2.24) is 14.7 Å². The van der Waals surface area contributed by atoms with Crippen molar-refractivity contribution in [2.24, 2.45) is 0 Å². The van der Waals surface area contributed by atoms with Crippen molar-refractivity contribution >= 4 is 5.97 Å². The third kappa shape index (κ3) is 3.72. The molecule has 0 bridgehead atoms. The molecule has 0 aliphatic carbocycles. The molecule has 116 valence electrons. The van der Waals surface area contributed by atoms with E-state index in [1.807, 2.05) is 35.3 Å². The first-order valence-corrected chi connectivity index (χ1v) is 7.33. The van der Waals surface area contributed by atoms with Crippen LogP contribution in [0.25, 0.3) is 0 Å². The quantitative estimate of drug-likeness (QED) is 0.899. The molecule has 1 N–H and O–H groups in total. The van der Waals surface area contributed by atoms with Crippen LogP contribution in [0.5, 0.6) is 0 Å². The summed E-state index contributed by atoms with van der Waals surface area (Å²) < 4.78 is 7.13. The van der Waals surface area contributed by atoms with Crippen LogP contribution in [0.2, 0.25) is 0 Å². The molecule has 6 heteroatoms. The predicted octanol–water partition coefficient (Wildman–Crippen LogP) is 1.22. The largest absolute Gasteiger partial charge is 0.479 e. The summed E-state index contributed by atoms with van der Waals surface area (Å²) in [5.41, 5.74) is 2.29. The number of hydrogen-bond acceptors (Lipinski definition) is 4. The zero-order chi connectivity index (χ0) is 15.4. The molecular formula is C16H19N3O3. The summed E-state index contributed by atoms with van der Waals surface area (Å²) in [7, 11) is 0. The van der Waals surface area contributed by atoms with Gasteiger partial charge in [-0.05, 0) is 5.56 Å². The van der Waals surface area contributed by atoms with Crippen LogP contribution in [0.1, 0.15) is 11.1 Å². The second kappa shape index (κ2) is 6.72. The normalized spacial score (nSPS) is 19.2. The Balaban J connectivity index is 1.58. The number of benzene rings is 1. The first-order valence-electron chi connectivity index (χ1n) is 7.33. The highest BCUT2D eigenvalue weighted by molar-refractivity contribution is 5.72. The Bertz CT molecular complexity index is 627. The Morgan fingerprint density at radius 2 is 2.09 bits per heavy atom. The summed E-state index contributed by atoms with van der Waals surface area (Å²) in [5, 5.41) is 13.4. The van der Waals surface area contributed by atoms with Gasteiger partial charge in [0.25, 0.3) is 0 Å². The van der Waals surface area contributed by atoms with Crippen LogP contribution >= 0.6 is 0 Å². The number of nitrogens with zero attached hydrogens (tertiary/aromatic N) is 3. The number of hydrogen-bond donors (Lipinski definition) is 1. The molecular weight excluding hydrogens is 282 g/mol. The Hall–Kier alpha value is -2.18. The molecule has 0 saturated carbocycles. The molecule has 1 aromatic heterocycles. The Morgan fingerprint density at radius 1 is 1.27 bits per heavy atom. The first kappa shape index (κ1) is 14.7. The summed E-state index contributed by atoms with van der Waals surface area (Å²) in [6.45, 7) is 3.05. The zero-order valence-electron chi connectivity index (χ0n) is 12.3. The second-order valence-corrected chi connectivity index (χ2v) is 5.46. The van der Waals surface area contributed by atoms with Gasteiger partial charge in [-0.15, -0.1) is 0 Å². The lowest BCUT2D eigenvalue weighted by molar-refractivity contribution is -0.156. The number of carbonyl (C=O) groups is 1. The molecule has 1 aliphatic heterocycles. The average molecular weight is 301 g/mol. The van der Waals surface area contributed by atoms with Gasteiger partial charge in [0.2, 0.25) is 0 Å². The smallest absolute Gasteiger partial charge is 0.334 e. The molecule has 0 amide bonds. The highest BCUT2D eigenvalue weighted by Crippen LogP contribution is 2.11. The molecule has 3 rings (SSSR count). The van der Waals surface area contributed by atoms with Gasteiger partial charge >= 0.3 is 5.97 Å². The van der Waals surface area contributed by atoms with Gasteiger partial charge in [0.15, 0.2) is 6.10 Å². The highest BCUT2D eigenvalue weighted by atomic mass is 16.5. The molecule has 0 radical (unpaired) electrons. The summed E-state index contributed by atoms with van der Waals surface area (Å²) in [6.07, 6.45) is 3.12. The minimum atomic E-state index is -0.899. The van der Waals surface area contributed by atoms with Gasteiger partial charge in [0, 0.05) is 31.4 Å². The molecule has 1 fully saturated rings. The van der Waals surface area contributed by atoms with E-state index in [0.717, 1.165) is 18.7 Å². The molecule has 1 saturated heterocycles. The third-order valence-corrected chi connectivity index (χ3v) is 3.71. The van der Waals surface area contributed by atoms with Crippen LogP contribution in [-0.4, -0.2) is 51.6 Å². The van der Waals surface area contributed by atoms with E-state index < -0.39 is 12.1 Å². The molecule has 1 unspecified atom stereocenters. The molecule has 1 aliphatic rings. The maximum atomic E-state index is 11.0. The van der Waals surface area contributed by atoms with Crippen LogP contribution in [0.3, 0.4) is 0 Å². The summed E-state index contributed by atoms with van der Waals surface area (Å²) in [6, 6.07) is 10.2. The maximum absolute atomic E-state index is 11.0. The van der Waals surface area contributed by atoms with E-state index in [9.17, 15) is 4.79 Å². The SMILES string of the molecule is O=C(O)C1CN(Cc2cnn(Cc3ccccc3)c2)CCO1. The number of carboxylic acids is 1. The van der Waals surface area contributed by atoms with Crippen molar-refractivity contribution in [3.05, 3.63) is 53.9 Å². The molecule has 6 nitrogen and oxygen atoms in total. The van der Waals surface area contributed by atoms with Crippen molar-refractivity contribution in [2.45, 2.75) is 19.2 Å². The standard InChI is InChI=1S/C16H19N3O3/c20-16(21)15-12-18(6-7-22-15)9-14-8-17-19(11-14)10-13-4-2-1-3-5-13/h1-5,8,11,15H,6-7,9-10,12H2,(H,20,21).